The van der Waals surface area contributed by atoms with Crippen molar-refractivity contribution in [1.29, 1.82) is 0 Å². The number of hydrogen-bond acceptors (Lipinski definition) is 5. The number of amides is 1. The van der Waals surface area contributed by atoms with Crippen LogP contribution in [0.15, 0.2) is 72.8 Å². The minimum absolute atomic E-state index is 0.0543. The summed E-state index contributed by atoms with van der Waals surface area (Å²) in [5.41, 5.74) is 3.23. The number of hydrogen-bond donors (Lipinski definition) is 1. The molecule has 1 N–H and O–H groups in total. The van der Waals surface area contributed by atoms with E-state index in [1.165, 1.54) is 24.3 Å². The summed E-state index contributed by atoms with van der Waals surface area (Å²) in [5.74, 6) is -0.330. The van der Waals surface area contributed by atoms with Crippen LogP contribution in [0.5, 0.6) is 0 Å². The summed E-state index contributed by atoms with van der Waals surface area (Å²) >= 11 is 12.1. The Bertz CT molecular complexity index is 1240. The Balaban J connectivity index is 1.29. The zero-order valence-corrected chi connectivity index (χ0v) is 20.4. The van der Waals surface area contributed by atoms with Gasteiger partial charge in [0.15, 0.2) is 0 Å². The van der Waals surface area contributed by atoms with Crippen molar-refractivity contribution in [3.05, 3.63) is 104 Å². The van der Waals surface area contributed by atoms with Crippen LogP contribution in [-0.4, -0.2) is 41.9 Å². The van der Waals surface area contributed by atoms with Gasteiger partial charge in [-0.1, -0.05) is 47.5 Å². The van der Waals surface area contributed by atoms with E-state index in [2.05, 4.69) is 21.2 Å². The zero-order valence-electron chi connectivity index (χ0n) is 18.9. The van der Waals surface area contributed by atoms with Crippen molar-refractivity contribution in [3.8, 4) is 0 Å². The van der Waals surface area contributed by atoms with E-state index in [4.69, 9.17) is 23.2 Å². The number of nitro groups is 1. The Morgan fingerprint density at radius 2 is 1.69 bits per heavy atom. The maximum atomic E-state index is 12.3. The van der Waals surface area contributed by atoms with Crippen molar-refractivity contribution >= 4 is 52.2 Å². The maximum absolute atomic E-state index is 12.3. The van der Waals surface area contributed by atoms with E-state index >= 15 is 0 Å². The first kappa shape index (κ1) is 24.7. The number of carbonyl (C=O) groups excluding carboxylic acids is 1. The molecule has 4 rings (SSSR count). The Hall–Kier alpha value is -3.39. The first-order valence-corrected chi connectivity index (χ1v) is 11.9. The molecule has 3 aromatic carbocycles. The third-order valence-electron chi connectivity index (χ3n) is 5.82. The van der Waals surface area contributed by atoms with Crippen molar-refractivity contribution in [3.63, 3.8) is 0 Å². The molecule has 0 radical (unpaired) electrons. The van der Waals surface area contributed by atoms with E-state index in [1.807, 2.05) is 42.5 Å². The molecule has 0 saturated carbocycles. The highest BCUT2D eigenvalue weighted by atomic mass is 35.5. The normalized spacial score (nSPS) is 14.3. The number of halogens is 2. The van der Waals surface area contributed by atoms with Crippen molar-refractivity contribution in [2.24, 2.45) is 0 Å². The van der Waals surface area contributed by atoms with E-state index in [-0.39, 0.29) is 16.6 Å². The van der Waals surface area contributed by atoms with Gasteiger partial charge in [0.05, 0.1) is 4.92 Å². The second kappa shape index (κ2) is 11.4. The molecule has 3 aromatic rings. The molecule has 1 fully saturated rings. The Morgan fingerprint density at radius 1 is 0.971 bits per heavy atom. The van der Waals surface area contributed by atoms with E-state index in [1.54, 1.807) is 6.07 Å². The Morgan fingerprint density at radius 3 is 2.37 bits per heavy atom. The monoisotopic (exact) mass is 510 g/mol. The number of anilines is 2. The van der Waals surface area contributed by atoms with E-state index in [0.29, 0.717) is 11.3 Å². The molecule has 1 aliphatic rings. The van der Waals surface area contributed by atoms with Crippen LogP contribution in [0.1, 0.15) is 11.1 Å². The minimum atomic E-state index is -0.555. The van der Waals surface area contributed by atoms with Gasteiger partial charge in [-0.15, -0.1) is 0 Å². The fraction of sp³-hybridized carbons (Fsp3) is 0.192. The molecule has 180 valence electrons. The fourth-order valence-electron chi connectivity index (χ4n) is 3.92. The van der Waals surface area contributed by atoms with Crippen molar-refractivity contribution in [2.45, 2.75) is 6.54 Å². The van der Waals surface area contributed by atoms with Gasteiger partial charge in [0, 0.05) is 61.3 Å². The lowest BCUT2D eigenvalue weighted by Crippen LogP contribution is -2.46. The molecule has 0 aromatic heterocycles. The molecule has 1 amide bonds. The molecule has 7 nitrogen and oxygen atoms in total. The molecule has 9 heteroatoms. The molecular weight excluding hydrogens is 487 g/mol. The minimum Gasteiger partial charge on any atom is -0.369 e. The molecule has 1 aliphatic heterocycles. The zero-order chi connectivity index (χ0) is 24.8. The third-order valence-corrected chi connectivity index (χ3v) is 6.51. The summed E-state index contributed by atoms with van der Waals surface area (Å²) in [6, 6.07) is 20.0. The van der Waals surface area contributed by atoms with Crippen LogP contribution in [0.3, 0.4) is 0 Å². The van der Waals surface area contributed by atoms with E-state index < -0.39 is 4.92 Å². The first-order valence-electron chi connectivity index (χ1n) is 11.1. The predicted molar refractivity (Wildman–Crippen MR) is 141 cm³/mol. The van der Waals surface area contributed by atoms with Gasteiger partial charge >= 0.3 is 0 Å². The number of benzene rings is 3. The van der Waals surface area contributed by atoms with Gasteiger partial charge in [-0.3, -0.25) is 19.8 Å². The van der Waals surface area contributed by atoms with Gasteiger partial charge in [0.2, 0.25) is 5.91 Å². The van der Waals surface area contributed by atoms with Crippen LogP contribution in [0, 0.1) is 10.1 Å². The molecule has 1 saturated heterocycles. The largest absolute Gasteiger partial charge is 0.369 e. The van der Waals surface area contributed by atoms with E-state index in [9.17, 15) is 14.9 Å². The number of nitrogens with one attached hydrogen (secondary N) is 1. The smallest absolute Gasteiger partial charge is 0.288 e. The van der Waals surface area contributed by atoms with Crippen molar-refractivity contribution in [2.75, 3.05) is 36.4 Å². The summed E-state index contributed by atoms with van der Waals surface area (Å²) in [7, 11) is 0. The summed E-state index contributed by atoms with van der Waals surface area (Å²) in [4.78, 5) is 27.5. The Labute approximate surface area is 213 Å². The highest BCUT2D eigenvalue weighted by Gasteiger charge is 2.18. The molecule has 0 atom stereocenters. The number of nitrogens with zero attached hydrogens (tertiary/aromatic N) is 3. The van der Waals surface area contributed by atoms with Gasteiger partial charge in [-0.25, -0.2) is 0 Å². The number of carbonyl (C=O) groups is 1. The van der Waals surface area contributed by atoms with Crippen LogP contribution in [0.25, 0.3) is 6.08 Å². The lowest BCUT2D eigenvalue weighted by molar-refractivity contribution is -0.384. The topological polar surface area (TPSA) is 78.7 Å². The SMILES string of the molecule is O=C(/C=C/c1ccc(Cl)c([N+](=O)[O-])c1)Nc1ccc(N2CCN(Cc3ccccc3Cl)CC2)cc1. The maximum Gasteiger partial charge on any atom is 0.288 e. The third kappa shape index (κ3) is 6.60. The average molecular weight is 511 g/mol. The van der Waals surface area contributed by atoms with Crippen LogP contribution in [0.4, 0.5) is 17.1 Å². The average Bonchev–Trinajstić information content (AvgIpc) is 2.86. The van der Waals surface area contributed by atoms with Gasteiger partial charge in [-0.05, 0) is 53.6 Å². The van der Waals surface area contributed by atoms with Gasteiger partial charge in [-0.2, -0.15) is 0 Å². The van der Waals surface area contributed by atoms with Crippen LogP contribution < -0.4 is 10.2 Å². The lowest BCUT2D eigenvalue weighted by atomic mass is 10.2. The van der Waals surface area contributed by atoms with Crippen molar-refractivity contribution in [1.82, 2.24) is 4.90 Å². The molecular formula is C26H24Cl2N4O3. The van der Waals surface area contributed by atoms with Gasteiger partial charge in [0.25, 0.3) is 5.69 Å². The predicted octanol–water partition coefficient (Wildman–Crippen LogP) is 5.88. The molecule has 0 spiro atoms. The summed E-state index contributed by atoms with van der Waals surface area (Å²) in [6.07, 6.45) is 2.84. The van der Waals surface area contributed by atoms with Crippen molar-refractivity contribution < 1.29 is 9.72 Å². The molecule has 35 heavy (non-hydrogen) atoms. The molecule has 0 aliphatic carbocycles. The lowest BCUT2D eigenvalue weighted by Gasteiger charge is -2.36. The summed E-state index contributed by atoms with van der Waals surface area (Å²) in [6.45, 7) is 4.54. The molecule has 0 unspecified atom stereocenters. The summed E-state index contributed by atoms with van der Waals surface area (Å²) in [5, 5.41) is 14.7. The highest BCUT2D eigenvalue weighted by Crippen LogP contribution is 2.26. The fourth-order valence-corrected chi connectivity index (χ4v) is 4.30. The Kier molecular flexibility index (Phi) is 8.02. The van der Waals surface area contributed by atoms with Crippen LogP contribution in [-0.2, 0) is 11.3 Å². The van der Waals surface area contributed by atoms with Gasteiger partial charge in [0.1, 0.15) is 5.02 Å². The highest BCUT2D eigenvalue weighted by molar-refractivity contribution is 6.32. The molecule has 0 bridgehead atoms. The van der Waals surface area contributed by atoms with Crippen LogP contribution in [0.2, 0.25) is 10.0 Å². The number of piperazine rings is 1. The number of rotatable bonds is 7. The van der Waals surface area contributed by atoms with Crippen LogP contribution >= 0.6 is 23.2 Å². The second-order valence-corrected chi connectivity index (χ2v) is 9.01. The number of nitro benzene ring substituents is 1. The summed E-state index contributed by atoms with van der Waals surface area (Å²) < 4.78 is 0. The second-order valence-electron chi connectivity index (χ2n) is 8.19. The first-order chi connectivity index (χ1) is 16.9. The molecule has 1 heterocycles. The van der Waals surface area contributed by atoms with Gasteiger partial charge < -0.3 is 10.2 Å². The van der Waals surface area contributed by atoms with E-state index in [0.717, 1.165) is 49.0 Å². The quantitative estimate of drug-likeness (QED) is 0.244. The standard InChI is InChI=1S/C26H24Cl2N4O3/c27-23-4-2-1-3-20(23)18-30-13-15-31(16-14-30)22-9-7-21(8-10-22)29-26(33)12-6-19-5-11-24(28)25(17-19)32(34)35/h1-12,17H,13-16,18H2,(H,29,33)/b12-6+.